The van der Waals surface area contributed by atoms with Crippen molar-refractivity contribution < 1.29 is 9.90 Å². The smallest absolute Gasteiger partial charge is 0.347 e. The first-order valence-electron chi connectivity index (χ1n) is 7.32. The fourth-order valence-electron chi connectivity index (χ4n) is 2.63. The molecule has 1 saturated heterocycles. The van der Waals surface area contributed by atoms with Crippen molar-refractivity contribution in [3.8, 4) is 0 Å². The summed E-state index contributed by atoms with van der Waals surface area (Å²) in [6.45, 7) is 10.3. The third kappa shape index (κ3) is 3.14. The Labute approximate surface area is 124 Å². The van der Waals surface area contributed by atoms with E-state index in [0.717, 1.165) is 24.1 Å². The number of nitrogens with zero attached hydrogens (tertiary/aromatic N) is 2. The molecule has 0 bridgehead atoms. The van der Waals surface area contributed by atoms with Crippen molar-refractivity contribution in [2.45, 2.75) is 52.4 Å². The van der Waals surface area contributed by atoms with Crippen LogP contribution in [0.25, 0.3) is 0 Å². The minimum Gasteiger partial charge on any atom is -0.477 e. The highest BCUT2D eigenvalue weighted by Gasteiger charge is 2.29. The Kier molecular flexibility index (Phi) is 4.37. The number of rotatable bonds is 3. The molecule has 2 rings (SSSR count). The molecule has 4 nitrogen and oxygen atoms in total. The first-order chi connectivity index (χ1) is 9.32. The standard InChI is InChI=1S/C15H24N2O2S/c1-5-10-6-8-17(9-7-10)14-16-12(15(2,3)4)11(20-14)13(18)19/h10H,5-9H2,1-4H3,(H,18,19). The van der Waals surface area contributed by atoms with E-state index in [2.05, 4.69) is 16.8 Å². The first-order valence-corrected chi connectivity index (χ1v) is 8.14. The van der Waals surface area contributed by atoms with E-state index in [9.17, 15) is 9.90 Å². The van der Waals surface area contributed by atoms with E-state index in [1.54, 1.807) is 0 Å². The van der Waals surface area contributed by atoms with Gasteiger partial charge in [-0.2, -0.15) is 0 Å². The molecule has 0 atom stereocenters. The van der Waals surface area contributed by atoms with E-state index in [-0.39, 0.29) is 5.41 Å². The number of carboxylic acids is 1. The molecule has 0 radical (unpaired) electrons. The first kappa shape index (κ1) is 15.3. The number of aromatic carboxylic acids is 1. The maximum atomic E-state index is 11.4. The van der Waals surface area contributed by atoms with Crippen LogP contribution in [0.4, 0.5) is 5.13 Å². The molecule has 0 amide bonds. The number of carboxylic acid groups (broad SMARTS) is 1. The van der Waals surface area contributed by atoms with Crippen molar-refractivity contribution in [1.82, 2.24) is 4.98 Å². The summed E-state index contributed by atoms with van der Waals surface area (Å²) in [6, 6.07) is 0. The zero-order valence-electron chi connectivity index (χ0n) is 12.8. The predicted octanol–water partition coefficient (Wildman–Crippen LogP) is 3.77. The Morgan fingerprint density at radius 2 is 2.00 bits per heavy atom. The lowest BCUT2D eigenvalue weighted by atomic mass is 9.91. The van der Waals surface area contributed by atoms with Crippen molar-refractivity contribution in [2.75, 3.05) is 18.0 Å². The molecule has 1 aromatic heterocycles. The molecule has 0 saturated carbocycles. The molecule has 0 aromatic carbocycles. The van der Waals surface area contributed by atoms with Gasteiger partial charge in [-0.15, -0.1) is 0 Å². The quantitative estimate of drug-likeness (QED) is 0.922. The SMILES string of the molecule is CCC1CCN(c2nc(C(C)(C)C)c(C(=O)O)s2)CC1. The molecule has 1 N–H and O–H groups in total. The third-order valence-electron chi connectivity index (χ3n) is 3.98. The van der Waals surface area contributed by atoms with E-state index in [0.29, 0.717) is 10.6 Å². The minimum atomic E-state index is -0.859. The van der Waals surface area contributed by atoms with Crippen LogP contribution in [0, 0.1) is 5.92 Å². The van der Waals surface area contributed by atoms with Crippen LogP contribution in [-0.2, 0) is 5.41 Å². The van der Waals surface area contributed by atoms with Crippen molar-refractivity contribution in [3.05, 3.63) is 10.6 Å². The number of hydrogen-bond acceptors (Lipinski definition) is 4. The average molecular weight is 296 g/mol. The highest BCUT2D eigenvalue weighted by Crippen LogP contribution is 2.35. The van der Waals surface area contributed by atoms with E-state index in [1.807, 2.05) is 20.8 Å². The lowest BCUT2D eigenvalue weighted by molar-refractivity contribution is 0.0699. The van der Waals surface area contributed by atoms with Crippen molar-refractivity contribution in [1.29, 1.82) is 0 Å². The summed E-state index contributed by atoms with van der Waals surface area (Å²) in [5.41, 5.74) is 0.479. The van der Waals surface area contributed by atoms with Crippen molar-refractivity contribution in [2.24, 2.45) is 5.92 Å². The Bertz CT molecular complexity index is 483. The molecule has 0 aliphatic carbocycles. The number of carbonyl (C=O) groups is 1. The molecule has 5 heteroatoms. The highest BCUT2D eigenvalue weighted by molar-refractivity contribution is 7.17. The van der Waals surface area contributed by atoms with Crippen LogP contribution >= 0.6 is 11.3 Å². The summed E-state index contributed by atoms with van der Waals surface area (Å²) in [7, 11) is 0. The van der Waals surface area contributed by atoms with E-state index in [4.69, 9.17) is 0 Å². The topological polar surface area (TPSA) is 53.4 Å². The predicted molar refractivity (Wildman–Crippen MR) is 83.0 cm³/mol. The van der Waals surface area contributed by atoms with Crippen molar-refractivity contribution in [3.63, 3.8) is 0 Å². The molecule has 1 aliphatic rings. The van der Waals surface area contributed by atoms with Gasteiger partial charge in [0, 0.05) is 18.5 Å². The molecule has 1 aromatic rings. The van der Waals surface area contributed by atoms with Crippen LogP contribution in [0.3, 0.4) is 0 Å². The van der Waals surface area contributed by atoms with Gasteiger partial charge in [-0.3, -0.25) is 0 Å². The molecule has 20 heavy (non-hydrogen) atoms. The number of aromatic nitrogens is 1. The summed E-state index contributed by atoms with van der Waals surface area (Å²) in [4.78, 5) is 18.7. The molecule has 0 unspecified atom stereocenters. The van der Waals surface area contributed by atoms with Crippen LogP contribution in [0.15, 0.2) is 0 Å². The molecule has 1 fully saturated rings. The van der Waals surface area contributed by atoms with E-state index in [1.165, 1.54) is 30.6 Å². The molecule has 1 aliphatic heterocycles. The van der Waals surface area contributed by atoms with Gasteiger partial charge in [0.1, 0.15) is 4.88 Å². The number of hydrogen-bond donors (Lipinski definition) is 1. The van der Waals surface area contributed by atoms with Crippen LogP contribution in [0.5, 0.6) is 0 Å². The second-order valence-electron chi connectivity index (χ2n) is 6.57. The normalized spacial score (nSPS) is 17.5. The van der Waals surface area contributed by atoms with Gasteiger partial charge in [0.2, 0.25) is 0 Å². The summed E-state index contributed by atoms with van der Waals surface area (Å²) >= 11 is 1.33. The fourth-order valence-corrected chi connectivity index (χ4v) is 3.80. The highest BCUT2D eigenvalue weighted by atomic mass is 32.1. The van der Waals surface area contributed by atoms with Crippen LogP contribution in [0.2, 0.25) is 0 Å². The summed E-state index contributed by atoms with van der Waals surface area (Å²) in [5.74, 6) is -0.0469. The Balaban J connectivity index is 2.24. The molecular formula is C15H24N2O2S. The van der Waals surface area contributed by atoms with Gasteiger partial charge in [0.05, 0.1) is 5.69 Å². The van der Waals surface area contributed by atoms with Gasteiger partial charge in [0.25, 0.3) is 0 Å². The van der Waals surface area contributed by atoms with Gasteiger partial charge in [-0.05, 0) is 18.8 Å². The largest absolute Gasteiger partial charge is 0.477 e. The third-order valence-corrected chi connectivity index (χ3v) is 5.09. The lowest BCUT2D eigenvalue weighted by Crippen LogP contribution is -2.33. The molecular weight excluding hydrogens is 272 g/mol. The van der Waals surface area contributed by atoms with E-state index >= 15 is 0 Å². The maximum absolute atomic E-state index is 11.4. The molecule has 0 spiro atoms. The monoisotopic (exact) mass is 296 g/mol. The van der Waals surface area contributed by atoms with Gasteiger partial charge in [-0.1, -0.05) is 45.5 Å². The second kappa shape index (κ2) is 5.72. The Morgan fingerprint density at radius 1 is 1.40 bits per heavy atom. The second-order valence-corrected chi connectivity index (χ2v) is 7.55. The Morgan fingerprint density at radius 3 is 2.40 bits per heavy atom. The van der Waals surface area contributed by atoms with Gasteiger partial charge in [-0.25, -0.2) is 9.78 Å². The van der Waals surface area contributed by atoms with Crippen molar-refractivity contribution >= 4 is 22.4 Å². The zero-order valence-corrected chi connectivity index (χ0v) is 13.6. The average Bonchev–Trinajstić information content (AvgIpc) is 2.84. The summed E-state index contributed by atoms with van der Waals surface area (Å²) in [6.07, 6.45) is 3.60. The van der Waals surface area contributed by atoms with Gasteiger partial charge < -0.3 is 10.0 Å². The number of anilines is 1. The zero-order chi connectivity index (χ0) is 14.9. The molecule has 2 heterocycles. The van der Waals surface area contributed by atoms with Crippen LogP contribution in [-0.4, -0.2) is 29.1 Å². The van der Waals surface area contributed by atoms with Gasteiger partial charge in [0.15, 0.2) is 5.13 Å². The lowest BCUT2D eigenvalue weighted by Gasteiger charge is -2.31. The van der Waals surface area contributed by atoms with E-state index < -0.39 is 5.97 Å². The number of thiazole rings is 1. The minimum absolute atomic E-state index is 0.232. The maximum Gasteiger partial charge on any atom is 0.347 e. The van der Waals surface area contributed by atoms with Crippen LogP contribution < -0.4 is 4.90 Å². The summed E-state index contributed by atoms with van der Waals surface area (Å²) < 4.78 is 0. The fraction of sp³-hybridized carbons (Fsp3) is 0.733. The molecule has 112 valence electrons. The van der Waals surface area contributed by atoms with Gasteiger partial charge >= 0.3 is 5.97 Å². The summed E-state index contributed by atoms with van der Waals surface area (Å²) in [5, 5.41) is 10.2. The van der Waals surface area contributed by atoms with Crippen LogP contribution in [0.1, 0.15) is 62.3 Å². The Hall–Kier alpha value is -1.10. The number of piperidine rings is 1.